The molecule has 0 atom stereocenters. The Kier molecular flexibility index (Phi) is 9.06. The Labute approximate surface area is 136 Å². The van der Waals surface area contributed by atoms with E-state index in [1.54, 1.807) is 6.08 Å². The van der Waals surface area contributed by atoms with Crippen molar-refractivity contribution in [3.8, 4) is 0 Å². The molecule has 120 valence electrons. The van der Waals surface area contributed by atoms with Crippen molar-refractivity contribution in [1.29, 1.82) is 0 Å². The monoisotopic (exact) mass is 297 g/mol. The second kappa shape index (κ2) is 10.9. The summed E-state index contributed by atoms with van der Waals surface area (Å²) in [4.78, 5) is 0. The van der Waals surface area contributed by atoms with E-state index in [4.69, 9.17) is 0 Å². The zero-order valence-corrected chi connectivity index (χ0v) is 14.1. The number of rotatable bonds is 7. The minimum absolute atomic E-state index is 0.617. The maximum Gasteiger partial charge on any atom is 0.0378 e. The van der Waals surface area contributed by atoms with Gasteiger partial charge in [-0.15, -0.1) is 0 Å². The van der Waals surface area contributed by atoms with Crippen LogP contribution in [0.4, 0.5) is 0 Å². The van der Waals surface area contributed by atoms with Crippen LogP contribution in [0.2, 0.25) is 0 Å². The van der Waals surface area contributed by atoms with Gasteiger partial charge in [-0.25, -0.2) is 0 Å². The Morgan fingerprint density at radius 2 is 1.50 bits per heavy atom. The molecule has 0 heterocycles. The molecule has 0 bridgehead atoms. The van der Waals surface area contributed by atoms with Gasteiger partial charge in [0.25, 0.3) is 0 Å². The van der Waals surface area contributed by atoms with Gasteiger partial charge in [0.15, 0.2) is 0 Å². The predicted octanol–water partition coefficient (Wildman–Crippen LogP) is 6.21. The first-order chi connectivity index (χ1) is 10.8. The average Bonchev–Trinajstić information content (AvgIpc) is 2.50. The van der Waals surface area contributed by atoms with Crippen molar-refractivity contribution < 1.29 is 0 Å². The third-order valence-corrected chi connectivity index (χ3v) is 4.24. The Morgan fingerprint density at radius 1 is 0.909 bits per heavy atom. The van der Waals surface area contributed by atoms with Crippen LogP contribution in [0.25, 0.3) is 0 Å². The lowest BCUT2D eigenvalue weighted by Crippen LogP contribution is -2.19. The van der Waals surface area contributed by atoms with Gasteiger partial charge >= 0.3 is 0 Å². The zero-order valence-electron chi connectivity index (χ0n) is 14.1. The SMILES string of the molecule is C=C/C=C(\C(=C/C)N/C(C=C)=C/C=C)C1CCCCCCC1. The van der Waals surface area contributed by atoms with Crippen molar-refractivity contribution in [2.45, 2.75) is 51.9 Å². The van der Waals surface area contributed by atoms with Crippen LogP contribution in [0.5, 0.6) is 0 Å². The molecule has 1 aliphatic rings. The molecule has 0 unspecified atom stereocenters. The molecule has 1 saturated carbocycles. The second-order valence-electron chi connectivity index (χ2n) is 5.79. The van der Waals surface area contributed by atoms with Gasteiger partial charge in [0, 0.05) is 11.4 Å². The lowest BCUT2D eigenvalue weighted by molar-refractivity contribution is 0.421. The molecule has 0 aliphatic heterocycles. The van der Waals surface area contributed by atoms with E-state index in [1.807, 2.05) is 18.2 Å². The van der Waals surface area contributed by atoms with Crippen molar-refractivity contribution >= 4 is 0 Å². The molecular formula is C21H31N. The van der Waals surface area contributed by atoms with Gasteiger partial charge in [-0.05, 0) is 43.4 Å². The van der Waals surface area contributed by atoms with E-state index < -0.39 is 0 Å². The lowest BCUT2D eigenvalue weighted by atomic mass is 9.84. The molecule has 0 radical (unpaired) electrons. The standard InChI is InChI=1S/C21H31N/c1-5-14-19(7-3)22-21(8-4)20(15-6-2)18-16-12-10-9-11-13-17-18/h5-8,14-15,18,22H,1-3,9-13,16-17H2,4H3/b19-14+,20-15-,21-8+. The highest BCUT2D eigenvalue weighted by Gasteiger charge is 2.18. The van der Waals surface area contributed by atoms with Crippen LogP contribution in [0.1, 0.15) is 51.9 Å². The summed E-state index contributed by atoms with van der Waals surface area (Å²) in [7, 11) is 0. The van der Waals surface area contributed by atoms with E-state index in [-0.39, 0.29) is 0 Å². The quantitative estimate of drug-likeness (QED) is 0.551. The van der Waals surface area contributed by atoms with Crippen LogP contribution in [0.3, 0.4) is 0 Å². The summed E-state index contributed by atoms with van der Waals surface area (Å²) >= 11 is 0. The maximum absolute atomic E-state index is 3.91. The first-order valence-corrected chi connectivity index (χ1v) is 8.48. The summed E-state index contributed by atoms with van der Waals surface area (Å²) in [5, 5.41) is 3.49. The fourth-order valence-corrected chi connectivity index (χ4v) is 3.09. The molecule has 1 rings (SSSR count). The molecule has 1 aliphatic carbocycles. The topological polar surface area (TPSA) is 12.0 Å². The summed E-state index contributed by atoms with van der Waals surface area (Å²) < 4.78 is 0. The maximum atomic E-state index is 3.91. The van der Waals surface area contributed by atoms with Gasteiger partial charge in [0.2, 0.25) is 0 Å². The van der Waals surface area contributed by atoms with E-state index in [0.717, 1.165) is 5.70 Å². The molecule has 0 saturated heterocycles. The summed E-state index contributed by atoms with van der Waals surface area (Å²) in [5.41, 5.74) is 3.51. The van der Waals surface area contributed by atoms with Crippen molar-refractivity contribution in [3.05, 3.63) is 73.2 Å². The molecule has 1 N–H and O–H groups in total. The fourth-order valence-electron chi connectivity index (χ4n) is 3.09. The first-order valence-electron chi connectivity index (χ1n) is 8.48. The molecule has 0 aromatic heterocycles. The third kappa shape index (κ3) is 5.93. The number of allylic oxidation sites excluding steroid dienone is 7. The molecule has 0 aromatic carbocycles. The normalized spacial score (nSPS) is 19.0. The van der Waals surface area contributed by atoms with Crippen LogP contribution < -0.4 is 5.32 Å². The van der Waals surface area contributed by atoms with E-state index in [0.29, 0.717) is 5.92 Å². The molecule has 22 heavy (non-hydrogen) atoms. The molecule has 0 aromatic rings. The summed E-state index contributed by atoms with van der Waals surface area (Å²) in [6.45, 7) is 13.6. The van der Waals surface area contributed by atoms with E-state index in [9.17, 15) is 0 Å². The molecule has 1 fully saturated rings. The van der Waals surface area contributed by atoms with Gasteiger partial charge in [-0.3, -0.25) is 0 Å². The van der Waals surface area contributed by atoms with Crippen LogP contribution in [-0.2, 0) is 0 Å². The van der Waals surface area contributed by atoms with E-state index >= 15 is 0 Å². The van der Waals surface area contributed by atoms with Crippen LogP contribution in [0.15, 0.2) is 73.2 Å². The van der Waals surface area contributed by atoms with Crippen LogP contribution in [-0.4, -0.2) is 0 Å². The van der Waals surface area contributed by atoms with Gasteiger partial charge in [-0.2, -0.15) is 0 Å². The first kappa shape index (κ1) is 18.3. The fraction of sp³-hybridized carbons (Fsp3) is 0.429. The Morgan fingerprint density at radius 3 is 2.00 bits per heavy atom. The van der Waals surface area contributed by atoms with Crippen molar-refractivity contribution in [3.63, 3.8) is 0 Å². The molecular weight excluding hydrogens is 266 g/mol. The Hall–Kier alpha value is -1.76. The highest BCUT2D eigenvalue weighted by Crippen LogP contribution is 2.31. The zero-order chi connectivity index (χ0) is 16.2. The van der Waals surface area contributed by atoms with Crippen molar-refractivity contribution in [2.24, 2.45) is 5.92 Å². The Balaban J connectivity index is 2.97. The lowest BCUT2D eigenvalue weighted by Gasteiger charge is -2.25. The average molecular weight is 297 g/mol. The highest BCUT2D eigenvalue weighted by molar-refractivity contribution is 5.38. The minimum Gasteiger partial charge on any atom is -0.356 e. The van der Waals surface area contributed by atoms with Gasteiger partial charge in [0.1, 0.15) is 0 Å². The molecule has 0 spiro atoms. The Bertz CT molecular complexity index is 454. The van der Waals surface area contributed by atoms with E-state index in [2.05, 4.69) is 44.1 Å². The molecule has 0 amide bonds. The van der Waals surface area contributed by atoms with E-state index in [1.165, 1.54) is 56.2 Å². The largest absolute Gasteiger partial charge is 0.356 e. The number of hydrogen-bond donors (Lipinski definition) is 1. The second-order valence-corrected chi connectivity index (χ2v) is 5.79. The minimum atomic E-state index is 0.617. The van der Waals surface area contributed by atoms with Crippen LogP contribution in [0, 0.1) is 5.92 Å². The molecule has 1 nitrogen and oxygen atoms in total. The van der Waals surface area contributed by atoms with Crippen molar-refractivity contribution in [2.75, 3.05) is 0 Å². The molecule has 1 heteroatoms. The van der Waals surface area contributed by atoms with Gasteiger partial charge < -0.3 is 5.32 Å². The number of nitrogens with one attached hydrogen (secondary N) is 1. The smallest absolute Gasteiger partial charge is 0.0378 e. The predicted molar refractivity (Wildman–Crippen MR) is 99.5 cm³/mol. The van der Waals surface area contributed by atoms with Gasteiger partial charge in [-0.1, -0.05) is 76.1 Å². The van der Waals surface area contributed by atoms with Gasteiger partial charge in [0.05, 0.1) is 0 Å². The third-order valence-electron chi connectivity index (χ3n) is 4.24. The van der Waals surface area contributed by atoms with Crippen LogP contribution >= 0.6 is 0 Å². The number of hydrogen-bond acceptors (Lipinski definition) is 1. The highest BCUT2D eigenvalue weighted by atomic mass is 14.9. The summed E-state index contributed by atoms with van der Waals surface area (Å²) in [6, 6.07) is 0. The van der Waals surface area contributed by atoms with Crippen molar-refractivity contribution in [1.82, 2.24) is 5.32 Å². The summed E-state index contributed by atoms with van der Waals surface area (Å²) in [6.07, 6.45) is 21.1. The summed E-state index contributed by atoms with van der Waals surface area (Å²) in [5.74, 6) is 0.617.